The molecule has 98 valence electrons. The molecule has 0 aliphatic carbocycles. The molecular formula is C17H12O3. The Morgan fingerprint density at radius 3 is 2.20 bits per heavy atom. The first-order valence-corrected chi connectivity index (χ1v) is 6.29. The molecule has 0 amide bonds. The van der Waals surface area contributed by atoms with Gasteiger partial charge in [-0.1, -0.05) is 48.0 Å². The second-order valence-electron chi connectivity index (χ2n) is 4.69. The highest BCUT2D eigenvalue weighted by Crippen LogP contribution is 2.28. The van der Waals surface area contributed by atoms with Crippen LogP contribution < -0.4 is 0 Å². The van der Waals surface area contributed by atoms with E-state index in [2.05, 4.69) is 0 Å². The van der Waals surface area contributed by atoms with E-state index in [0.29, 0.717) is 16.7 Å². The van der Waals surface area contributed by atoms with E-state index in [1.54, 1.807) is 30.3 Å². The third kappa shape index (κ3) is 2.14. The van der Waals surface area contributed by atoms with Crippen molar-refractivity contribution in [2.75, 3.05) is 0 Å². The van der Waals surface area contributed by atoms with Gasteiger partial charge in [0.15, 0.2) is 0 Å². The summed E-state index contributed by atoms with van der Waals surface area (Å²) in [6.07, 6.45) is 1.74. The highest BCUT2D eigenvalue weighted by atomic mass is 16.6. The Kier molecular flexibility index (Phi) is 2.95. The van der Waals surface area contributed by atoms with Crippen LogP contribution in [0.15, 0.2) is 48.5 Å². The van der Waals surface area contributed by atoms with Gasteiger partial charge in [-0.25, -0.2) is 9.59 Å². The van der Waals surface area contributed by atoms with Crippen molar-refractivity contribution in [3.05, 3.63) is 70.8 Å². The van der Waals surface area contributed by atoms with Crippen molar-refractivity contribution in [3.63, 3.8) is 0 Å². The largest absolute Gasteiger partial charge is 0.386 e. The van der Waals surface area contributed by atoms with Gasteiger partial charge >= 0.3 is 11.9 Å². The van der Waals surface area contributed by atoms with Gasteiger partial charge in [-0.3, -0.25) is 0 Å². The molecular weight excluding hydrogens is 252 g/mol. The maximum atomic E-state index is 11.9. The Labute approximate surface area is 116 Å². The van der Waals surface area contributed by atoms with Crippen LogP contribution in [0.25, 0.3) is 11.6 Å². The molecule has 1 aliphatic rings. The average Bonchev–Trinajstić information content (AvgIpc) is 2.45. The average molecular weight is 264 g/mol. The van der Waals surface area contributed by atoms with Gasteiger partial charge in [0.1, 0.15) is 0 Å². The summed E-state index contributed by atoms with van der Waals surface area (Å²) >= 11 is 0. The number of hydrogen-bond acceptors (Lipinski definition) is 3. The number of benzene rings is 2. The summed E-state index contributed by atoms with van der Waals surface area (Å²) in [5.41, 5.74) is 3.49. The number of carbonyl (C=O) groups is 2. The van der Waals surface area contributed by atoms with Gasteiger partial charge in [-0.05, 0) is 24.6 Å². The standard InChI is InChI=1S/C17H12O3/c1-11-6-8-12(9-7-11)10-15-13-4-2-3-5-14(13)16(18)20-17(15)19/h2-10H,1H3. The summed E-state index contributed by atoms with van der Waals surface area (Å²) in [4.78, 5) is 23.6. The van der Waals surface area contributed by atoms with Gasteiger partial charge in [0, 0.05) is 5.56 Å². The predicted molar refractivity (Wildman–Crippen MR) is 75.9 cm³/mol. The van der Waals surface area contributed by atoms with Gasteiger partial charge in [0.2, 0.25) is 0 Å². The van der Waals surface area contributed by atoms with Crippen LogP contribution >= 0.6 is 0 Å². The summed E-state index contributed by atoms with van der Waals surface area (Å²) in [7, 11) is 0. The summed E-state index contributed by atoms with van der Waals surface area (Å²) in [5.74, 6) is -1.19. The molecule has 0 aromatic heterocycles. The smallest absolute Gasteiger partial charge is 0.346 e. The van der Waals surface area contributed by atoms with Crippen LogP contribution in [-0.2, 0) is 9.53 Å². The first kappa shape index (κ1) is 12.4. The molecule has 20 heavy (non-hydrogen) atoms. The number of rotatable bonds is 1. The summed E-state index contributed by atoms with van der Waals surface area (Å²) in [5, 5.41) is 0. The Bertz CT molecular complexity index is 724. The minimum absolute atomic E-state index is 0.407. The van der Waals surface area contributed by atoms with Crippen LogP contribution in [0, 0.1) is 6.92 Å². The summed E-state index contributed by atoms with van der Waals surface area (Å²) in [6, 6.07) is 14.8. The monoisotopic (exact) mass is 264 g/mol. The minimum Gasteiger partial charge on any atom is -0.386 e. The fraction of sp³-hybridized carbons (Fsp3) is 0.0588. The third-order valence-electron chi connectivity index (χ3n) is 3.23. The molecule has 3 heteroatoms. The molecule has 0 unspecified atom stereocenters. The van der Waals surface area contributed by atoms with Gasteiger partial charge in [0.05, 0.1) is 11.1 Å². The number of carbonyl (C=O) groups excluding carboxylic acids is 2. The molecule has 3 rings (SSSR count). The van der Waals surface area contributed by atoms with Crippen molar-refractivity contribution in [1.29, 1.82) is 0 Å². The van der Waals surface area contributed by atoms with Crippen molar-refractivity contribution in [1.82, 2.24) is 0 Å². The fourth-order valence-electron chi connectivity index (χ4n) is 2.17. The van der Waals surface area contributed by atoms with E-state index in [1.807, 2.05) is 31.2 Å². The molecule has 0 bridgehead atoms. The van der Waals surface area contributed by atoms with Gasteiger partial charge < -0.3 is 4.74 Å². The second-order valence-corrected chi connectivity index (χ2v) is 4.69. The van der Waals surface area contributed by atoms with E-state index >= 15 is 0 Å². The van der Waals surface area contributed by atoms with E-state index in [1.165, 1.54) is 0 Å². The summed E-state index contributed by atoms with van der Waals surface area (Å²) < 4.78 is 4.78. The number of fused-ring (bicyclic) bond motifs is 1. The number of cyclic esters (lactones) is 2. The molecule has 0 radical (unpaired) electrons. The molecule has 2 aromatic rings. The predicted octanol–water partition coefficient (Wildman–Crippen LogP) is 3.23. The fourth-order valence-corrected chi connectivity index (χ4v) is 2.17. The van der Waals surface area contributed by atoms with Crippen LogP contribution in [0.4, 0.5) is 0 Å². The van der Waals surface area contributed by atoms with E-state index in [9.17, 15) is 9.59 Å². The maximum absolute atomic E-state index is 11.9. The lowest BCUT2D eigenvalue weighted by molar-refractivity contribution is -0.131. The molecule has 0 saturated heterocycles. The zero-order chi connectivity index (χ0) is 14.1. The van der Waals surface area contributed by atoms with Crippen LogP contribution in [0.5, 0.6) is 0 Å². The van der Waals surface area contributed by atoms with Gasteiger partial charge in [-0.2, -0.15) is 0 Å². The maximum Gasteiger partial charge on any atom is 0.346 e. The van der Waals surface area contributed by atoms with Gasteiger partial charge in [0.25, 0.3) is 0 Å². The first-order chi connectivity index (χ1) is 9.65. The lowest BCUT2D eigenvalue weighted by atomic mass is 9.95. The normalized spacial score (nSPS) is 15.9. The molecule has 1 heterocycles. The minimum atomic E-state index is -0.603. The lowest BCUT2D eigenvalue weighted by Crippen LogP contribution is -2.21. The van der Waals surface area contributed by atoms with Crippen LogP contribution in [-0.4, -0.2) is 11.9 Å². The van der Waals surface area contributed by atoms with Crippen molar-refractivity contribution >= 4 is 23.6 Å². The van der Waals surface area contributed by atoms with Crippen molar-refractivity contribution in [2.24, 2.45) is 0 Å². The Hall–Kier alpha value is -2.68. The first-order valence-electron chi connectivity index (χ1n) is 6.29. The van der Waals surface area contributed by atoms with Crippen molar-refractivity contribution in [2.45, 2.75) is 6.92 Å². The molecule has 0 saturated carbocycles. The number of ether oxygens (including phenoxy) is 1. The highest BCUT2D eigenvalue weighted by Gasteiger charge is 2.28. The van der Waals surface area contributed by atoms with Crippen LogP contribution in [0.2, 0.25) is 0 Å². The number of esters is 2. The molecule has 2 aromatic carbocycles. The van der Waals surface area contributed by atoms with E-state index in [0.717, 1.165) is 11.1 Å². The Morgan fingerprint density at radius 1 is 0.850 bits per heavy atom. The van der Waals surface area contributed by atoms with E-state index in [-0.39, 0.29) is 0 Å². The Balaban J connectivity index is 2.13. The molecule has 0 spiro atoms. The zero-order valence-electron chi connectivity index (χ0n) is 10.9. The molecule has 1 aliphatic heterocycles. The number of hydrogen-bond donors (Lipinski definition) is 0. The van der Waals surface area contributed by atoms with Crippen molar-refractivity contribution < 1.29 is 14.3 Å². The highest BCUT2D eigenvalue weighted by molar-refractivity contribution is 6.29. The quantitative estimate of drug-likeness (QED) is 0.451. The van der Waals surface area contributed by atoms with E-state index < -0.39 is 11.9 Å². The molecule has 0 fully saturated rings. The Morgan fingerprint density at radius 2 is 1.50 bits per heavy atom. The lowest BCUT2D eigenvalue weighted by Gasteiger charge is -2.16. The molecule has 3 nitrogen and oxygen atoms in total. The third-order valence-corrected chi connectivity index (χ3v) is 3.23. The molecule has 0 N–H and O–H groups in total. The van der Waals surface area contributed by atoms with Gasteiger partial charge in [-0.15, -0.1) is 0 Å². The van der Waals surface area contributed by atoms with Crippen LogP contribution in [0.1, 0.15) is 27.0 Å². The SMILES string of the molecule is Cc1ccc(C=C2C(=O)OC(=O)c3ccccc32)cc1. The second kappa shape index (κ2) is 4.78. The summed E-state index contributed by atoms with van der Waals surface area (Å²) in [6.45, 7) is 2.00. The van der Waals surface area contributed by atoms with Crippen LogP contribution in [0.3, 0.4) is 0 Å². The molecule has 0 atom stereocenters. The number of aryl methyl sites for hydroxylation is 1. The topological polar surface area (TPSA) is 43.4 Å². The van der Waals surface area contributed by atoms with Crippen molar-refractivity contribution in [3.8, 4) is 0 Å². The zero-order valence-corrected chi connectivity index (χ0v) is 10.9. The van der Waals surface area contributed by atoms with E-state index in [4.69, 9.17) is 4.74 Å².